The first-order valence-corrected chi connectivity index (χ1v) is 18.1. The van der Waals surface area contributed by atoms with Crippen molar-refractivity contribution in [3.63, 3.8) is 0 Å². The van der Waals surface area contributed by atoms with Gasteiger partial charge in [-0.2, -0.15) is 0 Å². The second-order valence-corrected chi connectivity index (χ2v) is 13.5. The molecular formula is C50H39N. The van der Waals surface area contributed by atoms with Crippen molar-refractivity contribution in [1.29, 1.82) is 0 Å². The first-order valence-electron chi connectivity index (χ1n) is 18.1. The first-order chi connectivity index (χ1) is 25.2. The Balaban J connectivity index is 1.20. The molecule has 0 fully saturated rings. The third-order valence-corrected chi connectivity index (χ3v) is 10.6. The van der Waals surface area contributed by atoms with Crippen molar-refractivity contribution in [2.24, 2.45) is 0 Å². The van der Waals surface area contributed by atoms with Crippen LogP contribution in [0.4, 0.5) is 17.1 Å². The number of benzene rings is 9. The third-order valence-electron chi connectivity index (χ3n) is 10.6. The van der Waals surface area contributed by atoms with Crippen LogP contribution in [0.15, 0.2) is 176 Å². The van der Waals surface area contributed by atoms with E-state index in [-0.39, 0.29) is 0 Å². The van der Waals surface area contributed by atoms with Gasteiger partial charge in [-0.05, 0) is 126 Å². The number of rotatable bonds is 7. The Bertz CT molecular complexity index is 2680. The van der Waals surface area contributed by atoms with Crippen LogP contribution in [0.3, 0.4) is 0 Å². The molecule has 0 spiro atoms. The van der Waals surface area contributed by atoms with Crippen LogP contribution in [0.5, 0.6) is 0 Å². The molecule has 9 rings (SSSR count). The molecule has 0 bridgehead atoms. The lowest BCUT2D eigenvalue weighted by atomic mass is 9.92. The molecule has 1 nitrogen and oxygen atoms in total. The molecule has 0 aliphatic rings. The zero-order chi connectivity index (χ0) is 34.3. The largest absolute Gasteiger partial charge is 0.310 e. The van der Waals surface area contributed by atoms with Gasteiger partial charge >= 0.3 is 0 Å². The average molecular weight is 654 g/mol. The molecule has 0 amide bonds. The molecule has 51 heavy (non-hydrogen) atoms. The van der Waals surface area contributed by atoms with Gasteiger partial charge in [-0.1, -0.05) is 153 Å². The van der Waals surface area contributed by atoms with Crippen LogP contribution < -0.4 is 4.90 Å². The molecule has 0 N–H and O–H groups in total. The van der Waals surface area contributed by atoms with Gasteiger partial charge in [-0.25, -0.2) is 0 Å². The topological polar surface area (TPSA) is 3.24 Å². The van der Waals surface area contributed by atoms with Gasteiger partial charge in [0.25, 0.3) is 0 Å². The van der Waals surface area contributed by atoms with E-state index in [1.54, 1.807) is 0 Å². The maximum absolute atomic E-state index is 2.43. The van der Waals surface area contributed by atoms with E-state index in [0.717, 1.165) is 29.9 Å². The van der Waals surface area contributed by atoms with Crippen molar-refractivity contribution in [3.05, 3.63) is 187 Å². The summed E-state index contributed by atoms with van der Waals surface area (Å²) in [5.74, 6) is 0. The van der Waals surface area contributed by atoms with E-state index in [1.165, 1.54) is 76.5 Å². The maximum atomic E-state index is 2.43. The van der Waals surface area contributed by atoms with E-state index in [1.807, 2.05) is 0 Å². The molecule has 0 saturated carbocycles. The van der Waals surface area contributed by atoms with E-state index >= 15 is 0 Å². The van der Waals surface area contributed by atoms with Crippen LogP contribution in [-0.4, -0.2) is 0 Å². The van der Waals surface area contributed by atoms with Gasteiger partial charge in [-0.15, -0.1) is 0 Å². The summed E-state index contributed by atoms with van der Waals surface area (Å²) in [7, 11) is 0. The summed E-state index contributed by atoms with van der Waals surface area (Å²) in [5, 5.41) is 10.3. The molecule has 9 aromatic carbocycles. The van der Waals surface area contributed by atoms with Gasteiger partial charge in [-0.3, -0.25) is 0 Å². The molecule has 0 atom stereocenters. The third kappa shape index (κ3) is 5.52. The number of hydrogen-bond donors (Lipinski definition) is 0. The van der Waals surface area contributed by atoms with Crippen LogP contribution in [0, 0.1) is 0 Å². The predicted molar refractivity (Wildman–Crippen MR) is 221 cm³/mol. The van der Waals surface area contributed by atoms with E-state index in [9.17, 15) is 0 Å². The average Bonchev–Trinajstić information content (AvgIpc) is 3.20. The number of aryl methyl sites for hydroxylation is 2. The molecule has 0 radical (unpaired) electrons. The molecule has 0 aromatic heterocycles. The van der Waals surface area contributed by atoms with Gasteiger partial charge in [0, 0.05) is 17.1 Å². The van der Waals surface area contributed by atoms with Gasteiger partial charge in [0.2, 0.25) is 0 Å². The van der Waals surface area contributed by atoms with Crippen molar-refractivity contribution >= 4 is 60.2 Å². The lowest BCUT2D eigenvalue weighted by molar-refractivity contribution is 1.04. The summed E-state index contributed by atoms with van der Waals surface area (Å²) in [5.41, 5.74) is 11.2. The van der Waals surface area contributed by atoms with Gasteiger partial charge in [0.05, 0.1) is 0 Å². The first kappa shape index (κ1) is 30.8. The Kier molecular flexibility index (Phi) is 7.82. The van der Waals surface area contributed by atoms with Crippen molar-refractivity contribution in [2.75, 3.05) is 4.90 Å². The zero-order valence-corrected chi connectivity index (χ0v) is 29.1. The second-order valence-electron chi connectivity index (χ2n) is 13.5. The van der Waals surface area contributed by atoms with E-state index in [4.69, 9.17) is 0 Å². The fourth-order valence-corrected chi connectivity index (χ4v) is 7.94. The van der Waals surface area contributed by atoms with Crippen molar-refractivity contribution in [2.45, 2.75) is 26.7 Å². The highest BCUT2D eigenvalue weighted by molar-refractivity contribution is 6.18. The highest BCUT2D eigenvalue weighted by Crippen LogP contribution is 2.41. The highest BCUT2D eigenvalue weighted by Gasteiger charge is 2.16. The minimum atomic E-state index is 1.05. The Labute approximate surface area is 300 Å². The second kappa shape index (κ2) is 12.9. The Hall–Kier alpha value is -6.18. The van der Waals surface area contributed by atoms with E-state index in [0.29, 0.717) is 0 Å². The minimum Gasteiger partial charge on any atom is -0.310 e. The molecule has 0 unspecified atom stereocenters. The highest BCUT2D eigenvalue weighted by atomic mass is 15.1. The van der Waals surface area contributed by atoms with Crippen molar-refractivity contribution in [3.8, 4) is 22.3 Å². The van der Waals surface area contributed by atoms with Crippen LogP contribution in [-0.2, 0) is 12.8 Å². The van der Waals surface area contributed by atoms with Crippen LogP contribution in [0.1, 0.15) is 25.0 Å². The standard InChI is InChI=1S/C50H39N/c1-3-34-31-41-23-30-48-47(49(41)32-35(34)4-2)29-22-40-21-28-44(33-50(40)48)51(42-24-17-37(18-25-42)36-11-6-5-7-12-36)43-26-19-39(20-27-43)46-16-10-14-38-13-8-9-15-45(38)46/h5-33H,3-4H2,1-2H3. The summed E-state index contributed by atoms with van der Waals surface area (Å²) in [6.45, 7) is 4.53. The lowest BCUT2D eigenvalue weighted by Gasteiger charge is -2.26. The van der Waals surface area contributed by atoms with Gasteiger partial charge in [0.15, 0.2) is 0 Å². The zero-order valence-electron chi connectivity index (χ0n) is 29.1. The molecule has 9 aromatic rings. The molecule has 0 aliphatic carbocycles. The predicted octanol–water partition coefficient (Wildman–Crippen LogP) is 14.2. The Morgan fingerprint density at radius 2 is 0.863 bits per heavy atom. The van der Waals surface area contributed by atoms with E-state index in [2.05, 4.69) is 195 Å². The van der Waals surface area contributed by atoms with Crippen molar-refractivity contribution in [1.82, 2.24) is 0 Å². The summed E-state index contributed by atoms with van der Waals surface area (Å²) in [4.78, 5) is 2.39. The fraction of sp³-hybridized carbons (Fsp3) is 0.0800. The summed E-state index contributed by atoms with van der Waals surface area (Å²) in [6, 6.07) is 64.8. The molecule has 1 heteroatoms. The summed E-state index contributed by atoms with van der Waals surface area (Å²) in [6.07, 6.45) is 2.11. The Morgan fingerprint density at radius 1 is 0.333 bits per heavy atom. The monoisotopic (exact) mass is 653 g/mol. The smallest absolute Gasteiger partial charge is 0.0468 e. The minimum absolute atomic E-state index is 1.05. The molecule has 244 valence electrons. The maximum Gasteiger partial charge on any atom is 0.0468 e. The van der Waals surface area contributed by atoms with Crippen LogP contribution >= 0.6 is 0 Å². The number of nitrogens with zero attached hydrogens (tertiary/aromatic N) is 1. The SMILES string of the molecule is CCc1cc2ccc3c4cc(N(c5ccc(-c6ccccc6)cc5)c5ccc(-c6cccc7ccccc67)cc5)ccc4ccc3c2cc1CC. The number of fused-ring (bicyclic) bond motifs is 6. The number of anilines is 3. The van der Waals surface area contributed by atoms with Crippen molar-refractivity contribution < 1.29 is 0 Å². The van der Waals surface area contributed by atoms with Gasteiger partial charge in [0.1, 0.15) is 0 Å². The summed E-state index contributed by atoms with van der Waals surface area (Å²) >= 11 is 0. The van der Waals surface area contributed by atoms with Crippen LogP contribution in [0.25, 0.3) is 65.3 Å². The molecular weight excluding hydrogens is 615 g/mol. The van der Waals surface area contributed by atoms with Gasteiger partial charge < -0.3 is 4.90 Å². The fourth-order valence-electron chi connectivity index (χ4n) is 7.94. The number of hydrogen-bond acceptors (Lipinski definition) is 1. The molecule has 0 aliphatic heterocycles. The van der Waals surface area contributed by atoms with E-state index < -0.39 is 0 Å². The molecule has 0 saturated heterocycles. The summed E-state index contributed by atoms with van der Waals surface area (Å²) < 4.78 is 0. The normalized spacial score (nSPS) is 11.5. The van der Waals surface area contributed by atoms with Crippen LogP contribution in [0.2, 0.25) is 0 Å². The molecule has 0 heterocycles. The Morgan fingerprint density at radius 3 is 1.59 bits per heavy atom. The quantitative estimate of drug-likeness (QED) is 0.155. The lowest BCUT2D eigenvalue weighted by Crippen LogP contribution is -2.10.